The second kappa shape index (κ2) is 7.58. The molecule has 0 radical (unpaired) electrons. The Bertz CT molecular complexity index is 1200. The highest BCUT2D eigenvalue weighted by molar-refractivity contribution is 6.30. The van der Waals surface area contributed by atoms with E-state index in [4.69, 9.17) is 11.6 Å². The first kappa shape index (κ1) is 17.8. The Hall–Kier alpha value is -3.57. The molecule has 6 heteroatoms. The second-order valence-electron chi connectivity index (χ2n) is 6.13. The monoisotopic (exact) mass is 389 g/mol. The number of H-pyrrole nitrogens is 1. The highest BCUT2D eigenvalue weighted by Gasteiger charge is 2.15. The van der Waals surface area contributed by atoms with Crippen LogP contribution in [0.15, 0.2) is 88.6 Å². The highest BCUT2D eigenvalue weighted by Crippen LogP contribution is 2.29. The van der Waals surface area contributed by atoms with Gasteiger partial charge in [-0.25, -0.2) is 4.68 Å². The minimum Gasteiger partial charge on any atom is -0.506 e. The van der Waals surface area contributed by atoms with Crippen molar-refractivity contribution in [2.24, 2.45) is 4.99 Å². The van der Waals surface area contributed by atoms with E-state index in [1.165, 1.54) is 23.0 Å². The Morgan fingerprint density at radius 2 is 1.64 bits per heavy atom. The van der Waals surface area contributed by atoms with E-state index in [1.807, 2.05) is 60.7 Å². The summed E-state index contributed by atoms with van der Waals surface area (Å²) < 4.78 is 1.47. The zero-order valence-electron chi connectivity index (χ0n) is 14.7. The van der Waals surface area contributed by atoms with E-state index in [1.54, 1.807) is 6.07 Å². The minimum absolute atomic E-state index is 0.0131. The van der Waals surface area contributed by atoms with Crippen molar-refractivity contribution in [3.63, 3.8) is 0 Å². The average Bonchev–Trinajstić information content (AvgIpc) is 3.06. The number of halogens is 1. The fourth-order valence-corrected chi connectivity index (χ4v) is 3.05. The number of phenolic OH excluding ortho intramolecular Hbond substituents is 1. The number of benzene rings is 3. The van der Waals surface area contributed by atoms with Gasteiger partial charge in [0.15, 0.2) is 0 Å². The molecule has 138 valence electrons. The maximum absolute atomic E-state index is 13.1. The zero-order valence-corrected chi connectivity index (χ0v) is 15.5. The number of phenols is 1. The summed E-state index contributed by atoms with van der Waals surface area (Å²) in [4.78, 5) is 17.4. The van der Waals surface area contributed by atoms with E-state index < -0.39 is 0 Å². The molecule has 0 aliphatic carbocycles. The van der Waals surface area contributed by atoms with Crippen LogP contribution in [-0.4, -0.2) is 21.1 Å². The normalized spacial score (nSPS) is 11.2. The van der Waals surface area contributed by atoms with E-state index in [2.05, 4.69) is 10.1 Å². The van der Waals surface area contributed by atoms with Gasteiger partial charge in [-0.3, -0.25) is 14.9 Å². The predicted octanol–water partition coefficient (Wildman–Crippen LogP) is 4.94. The molecular formula is C22H16ClN3O2. The van der Waals surface area contributed by atoms with Crippen LogP contribution in [0.2, 0.25) is 5.02 Å². The van der Waals surface area contributed by atoms with Crippen LogP contribution < -0.4 is 5.56 Å². The molecule has 3 aromatic carbocycles. The number of aromatic hydroxyl groups is 1. The second-order valence-corrected chi connectivity index (χ2v) is 6.57. The van der Waals surface area contributed by atoms with Crippen molar-refractivity contribution in [3.8, 4) is 22.7 Å². The molecule has 0 saturated heterocycles. The number of aromatic nitrogens is 2. The summed E-state index contributed by atoms with van der Waals surface area (Å²) in [6, 6.07) is 23.4. The van der Waals surface area contributed by atoms with Crippen LogP contribution in [-0.2, 0) is 0 Å². The van der Waals surface area contributed by atoms with Crippen molar-refractivity contribution in [1.29, 1.82) is 0 Å². The van der Waals surface area contributed by atoms with Gasteiger partial charge in [0, 0.05) is 16.8 Å². The van der Waals surface area contributed by atoms with Crippen LogP contribution in [0.25, 0.3) is 16.9 Å². The highest BCUT2D eigenvalue weighted by atomic mass is 35.5. The topological polar surface area (TPSA) is 70.4 Å². The molecule has 0 spiro atoms. The fraction of sp³-hybridized carbons (Fsp3) is 0. The van der Waals surface area contributed by atoms with Crippen LogP contribution in [0.1, 0.15) is 5.56 Å². The summed E-state index contributed by atoms with van der Waals surface area (Å²) in [6.45, 7) is 0. The van der Waals surface area contributed by atoms with Gasteiger partial charge < -0.3 is 5.11 Å². The summed E-state index contributed by atoms with van der Waals surface area (Å²) in [7, 11) is 0. The SMILES string of the molecule is O=c1c(C=Nc2cc(Cl)ccc2O)c(-c2ccccc2)[nH]n1-c1ccccc1. The molecule has 0 amide bonds. The molecule has 1 heterocycles. The van der Waals surface area contributed by atoms with Crippen molar-refractivity contribution in [3.05, 3.63) is 99.8 Å². The van der Waals surface area contributed by atoms with Gasteiger partial charge in [0.05, 0.1) is 16.9 Å². The van der Waals surface area contributed by atoms with Crippen LogP contribution in [0, 0.1) is 0 Å². The van der Waals surface area contributed by atoms with E-state index in [0.717, 1.165) is 11.3 Å². The van der Waals surface area contributed by atoms with E-state index in [9.17, 15) is 9.90 Å². The first-order chi connectivity index (χ1) is 13.6. The lowest BCUT2D eigenvalue weighted by Gasteiger charge is -2.01. The van der Waals surface area contributed by atoms with Crippen molar-refractivity contribution in [1.82, 2.24) is 9.78 Å². The lowest BCUT2D eigenvalue weighted by Crippen LogP contribution is -2.17. The summed E-state index contributed by atoms with van der Waals surface area (Å²) >= 11 is 5.98. The van der Waals surface area contributed by atoms with Gasteiger partial charge in [0.2, 0.25) is 0 Å². The lowest BCUT2D eigenvalue weighted by molar-refractivity contribution is 0.477. The maximum Gasteiger partial charge on any atom is 0.280 e. The van der Waals surface area contributed by atoms with Gasteiger partial charge in [-0.2, -0.15) is 0 Å². The first-order valence-corrected chi connectivity index (χ1v) is 9.00. The number of aromatic amines is 1. The number of aliphatic imine (C=N–C) groups is 1. The summed E-state index contributed by atoms with van der Waals surface area (Å²) in [6.07, 6.45) is 1.45. The number of rotatable bonds is 4. The van der Waals surface area contributed by atoms with E-state index in [-0.39, 0.29) is 11.3 Å². The van der Waals surface area contributed by atoms with Crippen molar-refractivity contribution in [2.45, 2.75) is 0 Å². The van der Waals surface area contributed by atoms with Gasteiger partial charge in [0.1, 0.15) is 11.4 Å². The number of nitrogens with zero attached hydrogens (tertiary/aromatic N) is 2. The van der Waals surface area contributed by atoms with Gasteiger partial charge in [-0.15, -0.1) is 0 Å². The predicted molar refractivity (Wildman–Crippen MR) is 112 cm³/mol. The van der Waals surface area contributed by atoms with Crippen molar-refractivity contribution < 1.29 is 5.11 Å². The van der Waals surface area contributed by atoms with E-state index in [0.29, 0.717) is 22.0 Å². The van der Waals surface area contributed by atoms with Crippen LogP contribution in [0.3, 0.4) is 0 Å². The fourth-order valence-electron chi connectivity index (χ4n) is 2.89. The van der Waals surface area contributed by atoms with E-state index >= 15 is 0 Å². The Morgan fingerprint density at radius 3 is 2.36 bits per heavy atom. The molecule has 0 bridgehead atoms. The van der Waals surface area contributed by atoms with Gasteiger partial charge in [-0.05, 0) is 30.3 Å². The molecule has 5 nitrogen and oxygen atoms in total. The first-order valence-electron chi connectivity index (χ1n) is 8.62. The molecule has 4 rings (SSSR count). The number of hydrogen-bond donors (Lipinski definition) is 2. The van der Waals surface area contributed by atoms with Crippen molar-refractivity contribution in [2.75, 3.05) is 0 Å². The Kier molecular flexibility index (Phi) is 4.83. The summed E-state index contributed by atoms with van der Waals surface area (Å²) in [5, 5.41) is 13.6. The average molecular weight is 390 g/mol. The Morgan fingerprint density at radius 1 is 0.964 bits per heavy atom. The number of para-hydroxylation sites is 1. The zero-order chi connectivity index (χ0) is 19.5. The largest absolute Gasteiger partial charge is 0.506 e. The molecular weight excluding hydrogens is 374 g/mol. The molecule has 1 aromatic heterocycles. The van der Waals surface area contributed by atoms with Gasteiger partial charge in [-0.1, -0.05) is 60.1 Å². The molecule has 4 aromatic rings. The van der Waals surface area contributed by atoms with Crippen molar-refractivity contribution >= 4 is 23.5 Å². The minimum atomic E-state index is -0.240. The Labute approximate surface area is 166 Å². The molecule has 28 heavy (non-hydrogen) atoms. The van der Waals surface area contributed by atoms with Gasteiger partial charge >= 0.3 is 0 Å². The molecule has 0 unspecified atom stereocenters. The molecule has 0 aliphatic rings. The molecule has 0 aliphatic heterocycles. The number of nitrogens with one attached hydrogen (secondary N) is 1. The number of hydrogen-bond acceptors (Lipinski definition) is 3. The molecule has 2 N–H and O–H groups in total. The maximum atomic E-state index is 13.1. The van der Waals surface area contributed by atoms with Crippen LogP contribution in [0.4, 0.5) is 5.69 Å². The summed E-state index contributed by atoms with van der Waals surface area (Å²) in [5.74, 6) is -0.0131. The van der Waals surface area contributed by atoms with Crippen LogP contribution in [0.5, 0.6) is 5.75 Å². The third-order valence-electron chi connectivity index (χ3n) is 4.27. The molecule has 0 fully saturated rings. The summed E-state index contributed by atoms with van der Waals surface area (Å²) in [5.41, 5.74) is 2.64. The van der Waals surface area contributed by atoms with Crippen LogP contribution >= 0.6 is 11.6 Å². The quantitative estimate of drug-likeness (QED) is 0.485. The third-order valence-corrected chi connectivity index (χ3v) is 4.51. The lowest BCUT2D eigenvalue weighted by atomic mass is 10.1. The standard InChI is InChI=1S/C22H16ClN3O2/c23-16-11-12-20(27)19(13-16)24-14-18-21(15-7-3-1-4-8-15)25-26(22(18)28)17-9-5-2-6-10-17/h1-14,25,27H. The van der Waals surface area contributed by atoms with Gasteiger partial charge in [0.25, 0.3) is 5.56 Å². The molecule has 0 saturated carbocycles. The molecule has 0 atom stereocenters. The third kappa shape index (κ3) is 3.48. The smallest absolute Gasteiger partial charge is 0.280 e. The Balaban J connectivity index is 1.88.